The fourth-order valence-corrected chi connectivity index (χ4v) is 1.71. The molecule has 0 amide bonds. The van der Waals surface area contributed by atoms with Gasteiger partial charge in [0.05, 0.1) is 16.8 Å². The van der Waals surface area contributed by atoms with Gasteiger partial charge in [0.15, 0.2) is 0 Å². The Balaban J connectivity index is 2.04. The van der Waals surface area contributed by atoms with Crippen molar-refractivity contribution >= 4 is 23.5 Å². The van der Waals surface area contributed by atoms with Gasteiger partial charge in [0.2, 0.25) is 0 Å². The molecule has 0 aliphatic carbocycles. The maximum atomic E-state index is 8.77. The molecule has 1 aromatic heterocycles. The van der Waals surface area contributed by atoms with Crippen molar-refractivity contribution < 1.29 is 0 Å². The molecule has 0 spiro atoms. The molecule has 90 valence electrons. The number of nitrogens with zero attached hydrogens (tertiary/aromatic N) is 3. The largest absolute Gasteiger partial charge is 0.381 e. The van der Waals surface area contributed by atoms with Crippen LogP contribution in [0.1, 0.15) is 11.1 Å². The summed E-state index contributed by atoms with van der Waals surface area (Å²) in [6.07, 6.45) is 5.27. The highest BCUT2D eigenvalue weighted by Gasteiger charge is 2.01. The maximum Gasteiger partial charge on any atom is 0.101 e. The Morgan fingerprint density at radius 2 is 2.39 bits per heavy atom. The molecule has 0 saturated carbocycles. The van der Waals surface area contributed by atoms with E-state index in [1.165, 1.54) is 0 Å². The van der Waals surface area contributed by atoms with E-state index in [9.17, 15) is 0 Å². The lowest BCUT2D eigenvalue weighted by Crippen LogP contribution is -1.98. The molecule has 0 saturated heterocycles. The van der Waals surface area contributed by atoms with E-state index in [2.05, 4.69) is 17.0 Å². The fraction of sp³-hybridized carbons (Fsp3) is 0.0769. The summed E-state index contributed by atoms with van der Waals surface area (Å²) in [5, 5.41) is 16.5. The first-order valence-electron chi connectivity index (χ1n) is 5.32. The third-order valence-electron chi connectivity index (χ3n) is 2.43. The summed E-state index contributed by atoms with van der Waals surface area (Å²) in [5.74, 6) is 0. The topological polar surface area (TPSA) is 53.6 Å². The van der Waals surface area contributed by atoms with Gasteiger partial charge < -0.3 is 5.32 Å². The molecular weight excluding hydrogens is 248 g/mol. The van der Waals surface area contributed by atoms with Gasteiger partial charge in [-0.25, -0.2) is 4.68 Å². The second kappa shape index (κ2) is 5.39. The number of hydrogen-bond donors (Lipinski definition) is 1. The first-order valence-corrected chi connectivity index (χ1v) is 5.70. The first-order chi connectivity index (χ1) is 8.72. The van der Waals surface area contributed by atoms with Gasteiger partial charge in [-0.05, 0) is 18.2 Å². The number of anilines is 1. The Bertz CT molecular complexity index is 610. The lowest BCUT2D eigenvalue weighted by molar-refractivity contribution is 0.936. The average molecular weight is 259 g/mol. The second-order valence-corrected chi connectivity index (χ2v) is 4.08. The highest BCUT2D eigenvalue weighted by molar-refractivity contribution is 6.32. The van der Waals surface area contributed by atoms with E-state index < -0.39 is 0 Å². The summed E-state index contributed by atoms with van der Waals surface area (Å²) >= 11 is 5.95. The molecular formula is C13H11ClN4. The zero-order valence-electron chi connectivity index (χ0n) is 9.60. The molecule has 2 aromatic rings. The summed E-state index contributed by atoms with van der Waals surface area (Å²) in [4.78, 5) is 0. The summed E-state index contributed by atoms with van der Waals surface area (Å²) in [7, 11) is 0. The van der Waals surface area contributed by atoms with Crippen LogP contribution in [0.5, 0.6) is 0 Å². The summed E-state index contributed by atoms with van der Waals surface area (Å²) < 4.78 is 1.64. The van der Waals surface area contributed by atoms with E-state index in [0.717, 1.165) is 11.3 Å². The summed E-state index contributed by atoms with van der Waals surface area (Å²) in [6, 6.07) is 7.27. The van der Waals surface area contributed by atoms with Gasteiger partial charge in [0, 0.05) is 30.2 Å². The van der Waals surface area contributed by atoms with Crippen LogP contribution in [-0.2, 0) is 6.54 Å². The number of aromatic nitrogens is 2. The van der Waals surface area contributed by atoms with Crippen molar-refractivity contribution in [3.8, 4) is 6.07 Å². The smallest absolute Gasteiger partial charge is 0.101 e. The maximum absolute atomic E-state index is 8.77. The monoisotopic (exact) mass is 258 g/mol. The van der Waals surface area contributed by atoms with Gasteiger partial charge >= 0.3 is 0 Å². The van der Waals surface area contributed by atoms with Crippen molar-refractivity contribution in [1.82, 2.24) is 9.78 Å². The number of nitrogens with one attached hydrogen (secondary N) is 1. The number of benzene rings is 1. The van der Waals surface area contributed by atoms with Crippen LogP contribution in [-0.4, -0.2) is 9.78 Å². The van der Waals surface area contributed by atoms with Crippen LogP contribution < -0.4 is 5.32 Å². The molecule has 1 aromatic carbocycles. The molecule has 0 atom stereocenters. The van der Waals surface area contributed by atoms with E-state index in [4.69, 9.17) is 16.9 Å². The van der Waals surface area contributed by atoms with Gasteiger partial charge in [0.1, 0.15) is 6.07 Å². The molecule has 0 fully saturated rings. The standard InChI is InChI=1S/C13H11ClN4/c1-2-18-9-10(8-17-18)7-16-12-4-3-11(6-15)13(14)5-12/h2-5,8-9,16H,1,7H2. The predicted octanol–water partition coefficient (Wildman–Crippen LogP) is 3.12. The van der Waals surface area contributed by atoms with Crippen LogP contribution in [0.15, 0.2) is 37.2 Å². The SMILES string of the molecule is C=Cn1cc(CNc2ccc(C#N)c(Cl)c2)cn1. The van der Waals surface area contributed by atoms with Gasteiger partial charge in [0.25, 0.3) is 0 Å². The minimum absolute atomic E-state index is 0.448. The van der Waals surface area contributed by atoms with Crippen molar-refractivity contribution in [3.63, 3.8) is 0 Å². The van der Waals surface area contributed by atoms with E-state index in [-0.39, 0.29) is 0 Å². The van der Waals surface area contributed by atoms with Crippen molar-refractivity contribution in [1.29, 1.82) is 5.26 Å². The quantitative estimate of drug-likeness (QED) is 0.917. The molecule has 1 heterocycles. The number of hydrogen-bond acceptors (Lipinski definition) is 3. The van der Waals surface area contributed by atoms with Gasteiger partial charge in [-0.2, -0.15) is 10.4 Å². The van der Waals surface area contributed by atoms with E-state index in [1.807, 2.05) is 18.3 Å². The van der Waals surface area contributed by atoms with Crippen molar-refractivity contribution in [2.24, 2.45) is 0 Å². The second-order valence-electron chi connectivity index (χ2n) is 3.67. The molecule has 0 bridgehead atoms. The van der Waals surface area contributed by atoms with Gasteiger partial charge in [-0.1, -0.05) is 18.2 Å². The summed E-state index contributed by atoms with van der Waals surface area (Å²) in [6.45, 7) is 4.26. The van der Waals surface area contributed by atoms with E-state index in [0.29, 0.717) is 17.1 Å². The Labute approximate surface area is 110 Å². The summed E-state index contributed by atoms with van der Waals surface area (Å²) in [5.41, 5.74) is 2.38. The van der Waals surface area contributed by atoms with E-state index in [1.54, 1.807) is 29.2 Å². The lowest BCUT2D eigenvalue weighted by atomic mass is 10.2. The molecule has 1 N–H and O–H groups in total. The van der Waals surface area contributed by atoms with Crippen LogP contribution in [0.2, 0.25) is 5.02 Å². The van der Waals surface area contributed by atoms with Crippen molar-refractivity contribution in [2.75, 3.05) is 5.32 Å². The zero-order chi connectivity index (χ0) is 13.0. The third kappa shape index (κ3) is 2.70. The number of nitriles is 1. The van der Waals surface area contributed by atoms with Crippen LogP contribution in [0.4, 0.5) is 5.69 Å². The fourth-order valence-electron chi connectivity index (χ4n) is 1.49. The number of rotatable bonds is 4. The van der Waals surface area contributed by atoms with E-state index >= 15 is 0 Å². The number of halogens is 1. The highest BCUT2D eigenvalue weighted by Crippen LogP contribution is 2.20. The normalized spacial score (nSPS) is 9.78. The molecule has 2 rings (SSSR count). The Kier molecular flexibility index (Phi) is 3.66. The predicted molar refractivity (Wildman–Crippen MR) is 72.1 cm³/mol. The molecule has 0 radical (unpaired) electrons. The van der Waals surface area contributed by atoms with Gasteiger partial charge in [-0.15, -0.1) is 0 Å². The van der Waals surface area contributed by atoms with Crippen LogP contribution in [0.3, 0.4) is 0 Å². The van der Waals surface area contributed by atoms with Crippen molar-refractivity contribution in [3.05, 3.63) is 53.3 Å². The first kappa shape index (κ1) is 12.2. The average Bonchev–Trinajstić information content (AvgIpc) is 2.84. The van der Waals surface area contributed by atoms with Crippen LogP contribution >= 0.6 is 11.6 Å². The van der Waals surface area contributed by atoms with Crippen molar-refractivity contribution in [2.45, 2.75) is 6.54 Å². The van der Waals surface area contributed by atoms with Crippen LogP contribution in [0, 0.1) is 11.3 Å². The molecule has 5 heteroatoms. The van der Waals surface area contributed by atoms with Gasteiger partial charge in [-0.3, -0.25) is 0 Å². The Morgan fingerprint density at radius 3 is 3.00 bits per heavy atom. The Hall–Kier alpha value is -2.25. The van der Waals surface area contributed by atoms with Crippen LogP contribution in [0.25, 0.3) is 6.20 Å². The minimum atomic E-state index is 0.448. The lowest BCUT2D eigenvalue weighted by Gasteiger charge is -2.05. The molecule has 4 nitrogen and oxygen atoms in total. The third-order valence-corrected chi connectivity index (χ3v) is 2.74. The molecule has 0 aliphatic rings. The minimum Gasteiger partial charge on any atom is -0.381 e. The molecule has 0 aliphatic heterocycles. The zero-order valence-corrected chi connectivity index (χ0v) is 10.4. The molecule has 0 unspecified atom stereocenters. The molecule has 18 heavy (non-hydrogen) atoms. The Morgan fingerprint density at radius 1 is 1.56 bits per heavy atom. The highest BCUT2D eigenvalue weighted by atomic mass is 35.5.